The lowest BCUT2D eigenvalue weighted by atomic mass is 9.86. The highest BCUT2D eigenvalue weighted by molar-refractivity contribution is 6.36. The average molecular weight is 544 g/mol. The van der Waals surface area contributed by atoms with Crippen molar-refractivity contribution in [2.45, 2.75) is 52.4 Å². The van der Waals surface area contributed by atoms with Crippen LogP contribution in [0.15, 0.2) is 121 Å². The van der Waals surface area contributed by atoms with Crippen LogP contribution in [0.3, 0.4) is 0 Å². The number of benzene rings is 5. The van der Waals surface area contributed by atoms with Crippen LogP contribution in [0.4, 0.5) is 17.1 Å². The molecule has 0 aliphatic rings. The number of halogens is 1. The van der Waals surface area contributed by atoms with Crippen LogP contribution in [0.2, 0.25) is 5.02 Å². The summed E-state index contributed by atoms with van der Waals surface area (Å²) in [5, 5.41) is 0.727. The zero-order chi connectivity index (χ0) is 28.5. The van der Waals surface area contributed by atoms with Gasteiger partial charge in [0.15, 0.2) is 0 Å². The lowest BCUT2D eigenvalue weighted by Gasteiger charge is -2.30. The van der Waals surface area contributed by atoms with E-state index in [-0.39, 0.29) is 10.8 Å². The lowest BCUT2D eigenvalue weighted by molar-refractivity contribution is 0.590. The van der Waals surface area contributed by atoms with E-state index in [1.165, 1.54) is 11.1 Å². The van der Waals surface area contributed by atoms with Crippen LogP contribution in [0.25, 0.3) is 22.3 Å². The average Bonchev–Trinajstić information content (AvgIpc) is 2.95. The molecule has 0 amide bonds. The minimum atomic E-state index is 0.0725. The van der Waals surface area contributed by atoms with E-state index in [1.807, 2.05) is 6.07 Å². The van der Waals surface area contributed by atoms with Crippen LogP contribution in [-0.4, -0.2) is 0 Å². The normalized spacial score (nSPS) is 11.9. The van der Waals surface area contributed by atoms with Crippen LogP contribution in [0.1, 0.15) is 52.7 Å². The Bertz CT molecular complexity index is 1510. The molecule has 1 nitrogen and oxygen atoms in total. The highest BCUT2D eigenvalue weighted by Crippen LogP contribution is 2.46. The number of nitrogens with zero attached hydrogens (tertiary/aromatic N) is 1. The van der Waals surface area contributed by atoms with Gasteiger partial charge in [0.25, 0.3) is 0 Å². The maximum Gasteiger partial charge on any atom is 0.0725 e. The molecule has 5 rings (SSSR count). The third-order valence-corrected chi connectivity index (χ3v) is 7.87. The number of hydrogen-bond donors (Lipinski definition) is 0. The summed E-state index contributed by atoms with van der Waals surface area (Å²) in [6, 6.07) is 43.2. The molecule has 0 bridgehead atoms. The van der Waals surface area contributed by atoms with Gasteiger partial charge in [0.1, 0.15) is 0 Å². The summed E-state index contributed by atoms with van der Waals surface area (Å²) in [6.45, 7) is 13.5. The van der Waals surface area contributed by atoms with Crippen LogP contribution in [-0.2, 0) is 10.8 Å². The second-order valence-corrected chi connectivity index (χ2v) is 12.9. The first kappa shape index (κ1) is 27.7. The fourth-order valence-electron chi connectivity index (χ4n) is 5.05. The van der Waals surface area contributed by atoms with E-state index in [2.05, 4.69) is 162 Å². The van der Waals surface area contributed by atoms with Crippen LogP contribution in [0.5, 0.6) is 0 Å². The molecule has 0 saturated heterocycles. The van der Waals surface area contributed by atoms with Crippen molar-refractivity contribution in [3.05, 3.63) is 137 Å². The summed E-state index contributed by atoms with van der Waals surface area (Å²) in [4.78, 5) is 2.29. The van der Waals surface area contributed by atoms with Gasteiger partial charge in [-0.3, -0.25) is 0 Å². The van der Waals surface area contributed by atoms with E-state index in [4.69, 9.17) is 11.6 Å². The second kappa shape index (κ2) is 11.0. The van der Waals surface area contributed by atoms with Crippen LogP contribution < -0.4 is 4.90 Å². The van der Waals surface area contributed by atoms with E-state index < -0.39 is 0 Å². The zero-order valence-corrected chi connectivity index (χ0v) is 25.1. The number of anilines is 3. The molecule has 5 aromatic carbocycles. The van der Waals surface area contributed by atoms with Crippen molar-refractivity contribution in [2.24, 2.45) is 0 Å². The summed E-state index contributed by atoms with van der Waals surface area (Å²) >= 11 is 7.36. The minimum absolute atomic E-state index is 0.0725. The highest BCUT2D eigenvalue weighted by atomic mass is 35.5. The van der Waals surface area contributed by atoms with Crippen molar-refractivity contribution in [1.82, 2.24) is 0 Å². The van der Waals surface area contributed by atoms with Crippen molar-refractivity contribution in [2.75, 3.05) is 4.90 Å². The smallest absolute Gasteiger partial charge is 0.0725 e. The fourth-order valence-corrected chi connectivity index (χ4v) is 5.35. The third kappa shape index (κ3) is 5.86. The predicted molar refractivity (Wildman–Crippen MR) is 174 cm³/mol. The number of hydrogen-bond acceptors (Lipinski definition) is 1. The summed E-state index contributed by atoms with van der Waals surface area (Å²) in [5.74, 6) is 0. The van der Waals surface area contributed by atoms with Gasteiger partial charge < -0.3 is 4.90 Å². The maximum absolute atomic E-state index is 7.36. The van der Waals surface area contributed by atoms with Crippen molar-refractivity contribution >= 4 is 28.7 Å². The monoisotopic (exact) mass is 543 g/mol. The zero-order valence-electron chi connectivity index (χ0n) is 24.4. The summed E-state index contributed by atoms with van der Waals surface area (Å²) in [6.07, 6.45) is 0. The maximum atomic E-state index is 7.36. The topological polar surface area (TPSA) is 3.24 Å². The van der Waals surface area contributed by atoms with Gasteiger partial charge in [0.05, 0.1) is 10.7 Å². The van der Waals surface area contributed by atoms with Crippen LogP contribution in [0, 0.1) is 0 Å². The molecule has 0 unspecified atom stereocenters. The summed E-state index contributed by atoms with van der Waals surface area (Å²) < 4.78 is 0. The first-order chi connectivity index (χ1) is 19.0. The Hall–Kier alpha value is -3.81. The van der Waals surface area contributed by atoms with Crippen molar-refractivity contribution in [3.63, 3.8) is 0 Å². The van der Waals surface area contributed by atoms with E-state index in [0.717, 1.165) is 44.3 Å². The fraction of sp³-hybridized carbons (Fsp3) is 0.211. The van der Waals surface area contributed by atoms with Gasteiger partial charge in [-0.1, -0.05) is 138 Å². The van der Waals surface area contributed by atoms with Gasteiger partial charge in [-0.15, -0.1) is 0 Å². The Kier molecular flexibility index (Phi) is 7.62. The molecule has 0 heterocycles. The van der Waals surface area contributed by atoms with Gasteiger partial charge in [-0.25, -0.2) is 0 Å². The molecule has 0 aliphatic carbocycles. The molecule has 0 aromatic heterocycles. The van der Waals surface area contributed by atoms with Gasteiger partial charge in [0.2, 0.25) is 0 Å². The summed E-state index contributed by atoms with van der Waals surface area (Å²) in [5.41, 5.74) is 10.2. The van der Waals surface area contributed by atoms with Crippen molar-refractivity contribution < 1.29 is 0 Å². The molecule has 2 heteroatoms. The number of rotatable bonds is 5. The molecule has 5 aromatic rings. The minimum Gasteiger partial charge on any atom is -0.309 e. The SMILES string of the molecule is CC(C)(C)c1ccc(N(c2ccc(C(C)(C)C)cc2)c2cc(-c3ccccc3)cc(-c3ccccc3)c2Cl)cc1. The van der Waals surface area contributed by atoms with Gasteiger partial charge in [0, 0.05) is 16.9 Å². The predicted octanol–water partition coefficient (Wildman–Crippen LogP) is 11.7. The third-order valence-electron chi connectivity index (χ3n) is 7.47. The molecule has 0 spiro atoms. The molecule has 0 radical (unpaired) electrons. The molecule has 40 heavy (non-hydrogen) atoms. The Morgan fingerprint density at radius 1 is 0.475 bits per heavy atom. The van der Waals surface area contributed by atoms with E-state index in [9.17, 15) is 0 Å². The molecular weight excluding hydrogens is 506 g/mol. The Balaban J connectivity index is 1.76. The highest BCUT2D eigenvalue weighted by Gasteiger charge is 2.22. The van der Waals surface area contributed by atoms with Gasteiger partial charge >= 0.3 is 0 Å². The Morgan fingerprint density at radius 3 is 1.32 bits per heavy atom. The van der Waals surface area contributed by atoms with E-state index in [0.29, 0.717) is 0 Å². The quantitative estimate of drug-likeness (QED) is 0.213. The van der Waals surface area contributed by atoms with Gasteiger partial charge in [-0.05, 0) is 75.0 Å². The molecule has 0 fully saturated rings. The Morgan fingerprint density at radius 2 is 0.900 bits per heavy atom. The van der Waals surface area contributed by atoms with E-state index in [1.54, 1.807) is 0 Å². The first-order valence-corrected chi connectivity index (χ1v) is 14.4. The second-order valence-electron chi connectivity index (χ2n) is 12.5. The van der Waals surface area contributed by atoms with Crippen molar-refractivity contribution in [3.8, 4) is 22.3 Å². The largest absolute Gasteiger partial charge is 0.309 e. The molecule has 0 N–H and O–H groups in total. The van der Waals surface area contributed by atoms with Crippen molar-refractivity contribution in [1.29, 1.82) is 0 Å². The Labute approximate surface area is 245 Å². The van der Waals surface area contributed by atoms with Gasteiger partial charge in [-0.2, -0.15) is 0 Å². The first-order valence-electron chi connectivity index (χ1n) is 14.0. The molecule has 202 valence electrons. The van der Waals surface area contributed by atoms with Crippen LogP contribution >= 0.6 is 11.6 Å². The summed E-state index contributed by atoms with van der Waals surface area (Å²) in [7, 11) is 0. The molecule has 0 aliphatic heterocycles. The molecule has 0 saturated carbocycles. The van der Waals surface area contributed by atoms with E-state index >= 15 is 0 Å². The standard InChI is InChI=1S/C38H38ClN/c1-37(2,3)30-17-21-32(22-18-30)40(33-23-19-31(20-24-33)38(4,5)6)35-26-29(27-13-9-7-10-14-27)25-34(36(35)39)28-15-11-8-12-16-28/h7-26H,1-6H3. The lowest BCUT2D eigenvalue weighted by Crippen LogP contribution is -2.15. The molecule has 0 atom stereocenters. The molecular formula is C38H38ClN.